The predicted octanol–water partition coefficient (Wildman–Crippen LogP) is 3.30. The number of aromatic nitrogens is 2. The minimum Gasteiger partial charge on any atom is -0.399 e. The van der Waals surface area contributed by atoms with Gasteiger partial charge in [-0.15, -0.1) is 0 Å². The largest absolute Gasteiger partial charge is 0.399 e. The average molecular weight is 316 g/mol. The van der Waals surface area contributed by atoms with Crippen LogP contribution in [0.1, 0.15) is 13.3 Å². The van der Waals surface area contributed by atoms with Gasteiger partial charge in [0.2, 0.25) is 0 Å². The van der Waals surface area contributed by atoms with Gasteiger partial charge in [0.25, 0.3) is 0 Å². The third kappa shape index (κ3) is 2.90. The molecule has 1 aromatic heterocycles. The highest BCUT2D eigenvalue weighted by Gasteiger charge is 2.17. The fraction of sp³-hybridized carbons (Fsp3) is 0.235. The van der Waals surface area contributed by atoms with Gasteiger partial charge in [0, 0.05) is 36.0 Å². The molecule has 4 N–H and O–H groups in total. The van der Waals surface area contributed by atoms with Gasteiger partial charge in [0.1, 0.15) is 5.82 Å². The van der Waals surface area contributed by atoms with E-state index in [1.807, 2.05) is 23.6 Å². The molecule has 0 spiro atoms. The van der Waals surface area contributed by atoms with Crippen molar-refractivity contribution in [1.82, 2.24) is 9.55 Å². The van der Waals surface area contributed by atoms with Gasteiger partial charge in [-0.25, -0.2) is 13.8 Å². The van der Waals surface area contributed by atoms with Crippen molar-refractivity contribution in [3.63, 3.8) is 0 Å². The first kappa shape index (κ1) is 15.4. The summed E-state index contributed by atoms with van der Waals surface area (Å²) in [4.78, 5) is 4.46. The SMILES string of the molecule is CCC(N)Cn1c(-c2cccc(N)c2)nc2cc(F)c(F)cc21. The third-order valence-corrected chi connectivity index (χ3v) is 3.88. The van der Waals surface area contributed by atoms with Crippen LogP contribution in [0.25, 0.3) is 22.4 Å². The maximum atomic E-state index is 13.7. The lowest BCUT2D eigenvalue weighted by atomic mass is 10.1. The first-order valence-electron chi connectivity index (χ1n) is 7.46. The first-order valence-corrected chi connectivity index (χ1v) is 7.46. The lowest BCUT2D eigenvalue weighted by molar-refractivity contribution is 0.509. The van der Waals surface area contributed by atoms with Crippen LogP contribution in [-0.2, 0) is 6.54 Å². The maximum Gasteiger partial charge on any atom is 0.161 e. The number of rotatable bonds is 4. The summed E-state index contributed by atoms with van der Waals surface area (Å²) >= 11 is 0. The number of nitrogen functional groups attached to an aromatic ring is 1. The lowest BCUT2D eigenvalue weighted by Crippen LogP contribution is -2.25. The molecular weight excluding hydrogens is 298 g/mol. The maximum absolute atomic E-state index is 13.7. The number of nitrogens with two attached hydrogens (primary N) is 2. The molecular formula is C17H18F2N4. The number of nitrogens with zero attached hydrogens (tertiary/aromatic N) is 2. The van der Waals surface area contributed by atoms with Crippen molar-refractivity contribution in [1.29, 1.82) is 0 Å². The molecule has 0 saturated carbocycles. The van der Waals surface area contributed by atoms with Crippen LogP contribution in [0.5, 0.6) is 0 Å². The summed E-state index contributed by atoms with van der Waals surface area (Å²) in [5, 5.41) is 0. The van der Waals surface area contributed by atoms with E-state index in [9.17, 15) is 8.78 Å². The van der Waals surface area contributed by atoms with E-state index < -0.39 is 11.6 Å². The van der Waals surface area contributed by atoms with Gasteiger partial charge in [-0.05, 0) is 18.6 Å². The molecule has 2 aromatic carbocycles. The molecule has 0 aliphatic rings. The second-order valence-corrected chi connectivity index (χ2v) is 5.59. The highest BCUT2D eigenvalue weighted by Crippen LogP contribution is 2.28. The number of hydrogen-bond acceptors (Lipinski definition) is 3. The second-order valence-electron chi connectivity index (χ2n) is 5.59. The zero-order valence-electron chi connectivity index (χ0n) is 12.8. The number of hydrogen-bond donors (Lipinski definition) is 2. The van der Waals surface area contributed by atoms with Crippen LogP contribution >= 0.6 is 0 Å². The van der Waals surface area contributed by atoms with Gasteiger partial charge in [0.05, 0.1) is 11.0 Å². The molecule has 0 radical (unpaired) electrons. The number of fused-ring (bicyclic) bond motifs is 1. The fourth-order valence-electron chi connectivity index (χ4n) is 2.57. The predicted molar refractivity (Wildman–Crippen MR) is 87.8 cm³/mol. The van der Waals surface area contributed by atoms with Crippen LogP contribution in [0.15, 0.2) is 36.4 Å². The van der Waals surface area contributed by atoms with Crippen molar-refractivity contribution in [2.75, 3.05) is 5.73 Å². The van der Waals surface area contributed by atoms with Crippen LogP contribution in [0.3, 0.4) is 0 Å². The topological polar surface area (TPSA) is 69.9 Å². The molecule has 23 heavy (non-hydrogen) atoms. The van der Waals surface area contributed by atoms with Crippen molar-refractivity contribution >= 4 is 16.7 Å². The zero-order chi connectivity index (χ0) is 16.6. The quantitative estimate of drug-likeness (QED) is 0.726. The summed E-state index contributed by atoms with van der Waals surface area (Å²) in [6.07, 6.45) is 0.764. The molecule has 4 nitrogen and oxygen atoms in total. The molecule has 0 aliphatic carbocycles. The zero-order valence-corrected chi connectivity index (χ0v) is 12.8. The fourth-order valence-corrected chi connectivity index (χ4v) is 2.57. The molecule has 0 aliphatic heterocycles. The van der Waals surface area contributed by atoms with E-state index in [4.69, 9.17) is 11.5 Å². The van der Waals surface area contributed by atoms with E-state index in [2.05, 4.69) is 4.98 Å². The number of anilines is 1. The summed E-state index contributed by atoms with van der Waals surface area (Å²) in [5.74, 6) is -1.22. The number of benzene rings is 2. The van der Waals surface area contributed by atoms with Gasteiger partial charge < -0.3 is 16.0 Å². The van der Waals surface area contributed by atoms with E-state index in [-0.39, 0.29) is 6.04 Å². The van der Waals surface area contributed by atoms with E-state index in [1.165, 1.54) is 0 Å². The minimum absolute atomic E-state index is 0.111. The van der Waals surface area contributed by atoms with Gasteiger partial charge >= 0.3 is 0 Å². The van der Waals surface area contributed by atoms with Crippen LogP contribution in [0.4, 0.5) is 14.5 Å². The highest BCUT2D eigenvalue weighted by atomic mass is 19.2. The molecule has 3 aromatic rings. The van der Waals surface area contributed by atoms with Crippen LogP contribution < -0.4 is 11.5 Å². The van der Waals surface area contributed by atoms with Crippen LogP contribution in [0, 0.1) is 11.6 Å². The summed E-state index contributed by atoms with van der Waals surface area (Å²) in [6.45, 7) is 2.44. The summed E-state index contributed by atoms with van der Waals surface area (Å²) < 4.78 is 29.0. The van der Waals surface area contributed by atoms with E-state index in [1.54, 1.807) is 12.1 Å². The Kier molecular flexibility index (Phi) is 4.00. The van der Waals surface area contributed by atoms with Crippen molar-refractivity contribution in [2.24, 2.45) is 5.73 Å². The first-order chi connectivity index (χ1) is 11.0. The standard InChI is InChI=1S/C17H18F2N4/c1-2-11(20)9-23-16-8-14(19)13(18)7-15(16)22-17(23)10-4-3-5-12(21)6-10/h3-8,11H,2,9,20-21H2,1H3. The smallest absolute Gasteiger partial charge is 0.161 e. The Bertz CT molecular complexity index is 857. The Morgan fingerprint density at radius 1 is 1.17 bits per heavy atom. The van der Waals surface area contributed by atoms with Gasteiger partial charge in [-0.1, -0.05) is 19.1 Å². The lowest BCUT2D eigenvalue weighted by Gasteiger charge is -2.14. The molecule has 1 heterocycles. The Labute approximate surface area is 132 Å². The molecule has 3 rings (SSSR count). The Morgan fingerprint density at radius 3 is 2.61 bits per heavy atom. The summed E-state index contributed by atoms with van der Waals surface area (Å²) in [6, 6.07) is 9.38. The van der Waals surface area contributed by atoms with Crippen molar-refractivity contribution in [2.45, 2.75) is 25.9 Å². The Balaban J connectivity index is 2.24. The molecule has 0 fully saturated rings. The average Bonchev–Trinajstić information content (AvgIpc) is 2.85. The van der Waals surface area contributed by atoms with Crippen molar-refractivity contribution < 1.29 is 8.78 Å². The van der Waals surface area contributed by atoms with E-state index >= 15 is 0 Å². The van der Waals surface area contributed by atoms with Crippen LogP contribution in [0.2, 0.25) is 0 Å². The molecule has 6 heteroatoms. The highest BCUT2D eigenvalue weighted by molar-refractivity contribution is 5.81. The summed E-state index contributed by atoms with van der Waals surface area (Å²) in [5.41, 5.74) is 14.2. The molecule has 120 valence electrons. The molecule has 1 atom stereocenters. The molecule has 0 saturated heterocycles. The summed E-state index contributed by atoms with van der Waals surface area (Å²) in [7, 11) is 0. The Hall–Kier alpha value is -2.47. The molecule has 0 bridgehead atoms. The van der Waals surface area contributed by atoms with Gasteiger partial charge in [0.15, 0.2) is 11.6 Å². The van der Waals surface area contributed by atoms with Gasteiger partial charge in [-0.2, -0.15) is 0 Å². The van der Waals surface area contributed by atoms with Crippen molar-refractivity contribution in [3.8, 4) is 11.4 Å². The van der Waals surface area contributed by atoms with Crippen molar-refractivity contribution in [3.05, 3.63) is 48.0 Å². The minimum atomic E-state index is -0.916. The monoisotopic (exact) mass is 316 g/mol. The number of halogens is 2. The third-order valence-electron chi connectivity index (χ3n) is 3.88. The van der Waals surface area contributed by atoms with E-state index in [0.29, 0.717) is 29.1 Å². The Morgan fingerprint density at radius 2 is 1.91 bits per heavy atom. The number of imidazole rings is 1. The van der Waals surface area contributed by atoms with Gasteiger partial charge in [-0.3, -0.25) is 0 Å². The second kappa shape index (κ2) is 5.96. The molecule has 0 amide bonds. The molecule has 1 unspecified atom stereocenters. The normalized spacial score (nSPS) is 12.7. The van der Waals surface area contributed by atoms with E-state index in [0.717, 1.165) is 24.1 Å². The van der Waals surface area contributed by atoms with Crippen LogP contribution in [-0.4, -0.2) is 15.6 Å².